The average molecular weight is 487 g/mol. The maximum Gasteiger partial charge on any atom is 0.235 e. The van der Waals surface area contributed by atoms with Crippen molar-refractivity contribution in [3.63, 3.8) is 0 Å². The van der Waals surface area contributed by atoms with Crippen molar-refractivity contribution < 1.29 is 14.4 Å². The Hall–Kier alpha value is -0.960. The van der Waals surface area contributed by atoms with Crippen molar-refractivity contribution in [2.45, 2.75) is 99.8 Å². The van der Waals surface area contributed by atoms with E-state index in [1.807, 2.05) is 0 Å². The van der Waals surface area contributed by atoms with E-state index in [0.29, 0.717) is 30.6 Å². The summed E-state index contributed by atoms with van der Waals surface area (Å²) in [7, 11) is 0. The van der Waals surface area contributed by atoms with Crippen LogP contribution in [0, 0.1) is 56.7 Å². The zero-order chi connectivity index (χ0) is 25.1. The first kappa shape index (κ1) is 24.7. The van der Waals surface area contributed by atoms with Crippen LogP contribution in [0.25, 0.3) is 0 Å². The van der Waals surface area contributed by atoms with Crippen molar-refractivity contribution in [2.24, 2.45) is 56.7 Å². The van der Waals surface area contributed by atoms with Gasteiger partial charge in [-0.1, -0.05) is 47.1 Å². The van der Waals surface area contributed by atoms with Crippen LogP contribution < -0.4 is 0 Å². The van der Waals surface area contributed by atoms with Gasteiger partial charge in [-0.2, -0.15) is 0 Å². The molecule has 5 aliphatic rings. The van der Waals surface area contributed by atoms with Gasteiger partial charge in [0.1, 0.15) is 11.2 Å². The summed E-state index contributed by atoms with van der Waals surface area (Å²) in [5.41, 5.74) is -0.0684. The highest BCUT2D eigenvalue weighted by Gasteiger charge is 2.71. The van der Waals surface area contributed by atoms with Gasteiger partial charge in [0.2, 0.25) is 5.24 Å². The molecule has 0 heterocycles. The van der Waals surface area contributed by atoms with Crippen LogP contribution in [0.3, 0.4) is 0 Å². The lowest BCUT2D eigenvalue weighted by Gasteiger charge is -2.70. The summed E-state index contributed by atoms with van der Waals surface area (Å²) in [5.74, 6) is 1.58. The Morgan fingerprint density at radius 1 is 0.941 bits per heavy atom. The first-order valence-corrected chi connectivity index (χ1v) is 14.0. The summed E-state index contributed by atoms with van der Waals surface area (Å²) >= 11 is 6.12. The van der Waals surface area contributed by atoms with Crippen LogP contribution in [0.15, 0.2) is 11.6 Å². The molecule has 0 aliphatic heterocycles. The monoisotopic (exact) mass is 486 g/mol. The number of carbonyl (C=O) groups excluding carboxylic acids is 3. The second kappa shape index (κ2) is 7.30. The van der Waals surface area contributed by atoms with Gasteiger partial charge < -0.3 is 0 Å². The fourth-order valence-corrected chi connectivity index (χ4v) is 10.7. The summed E-state index contributed by atoms with van der Waals surface area (Å²) in [4.78, 5) is 39.9. The number of rotatable bonds is 1. The van der Waals surface area contributed by atoms with Crippen molar-refractivity contribution in [1.29, 1.82) is 0 Å². The molecule has 0 aromatic rings. The number of ketones is 2. The van der Waals surface area contributed by atoms with E-state index in [2.05, 4.69) is 47.6 Å². The topological polar surface area (TPSA) is 51.2 Å². The minimum atomic E-state index is -1.18. The van der Waals surface area contributed by atoms with Crippen LogP contribution in [0.1, 0.15) is 99.8 Å². The van der Waals surface area contributed by atoms with Gasteiger partial charge in [-0.25, -0.2) is 0 Å². The maximum absolute atomic E-state index is 14.2. The molecule has 188 valence electrons. The van der Waals surface area contributed by atoms with Gasteiger partial charge in [0.05, 0.1) is 0 Å². The number of halogens is 1. The summed E-state index contributed by atoms with van der Waals surface area (Å²) < 4.78 is 0. The predicted octanol–water partition coefficient (Wildman–Crippen LogP) is 7.16. The van der Waals surface area contributed by atoms with E-state index in [0.717, 1.165) is 19.3 Å². The summed E-state index contributed by atoms with van der Waals surface area (Å²) in [6.07, 6.45) is 9.63. The SMILES string of the molecule is CC1CCC2(C)CCC3(C)C(=CC(=O)C4C5(C)CCC(=O)C(C)(C(=O)Cl)C5CCC43C)C2C1C. The quantitative estimate of drug-likeness (QED) is 0.292. The highest BCUT2D eigenvalue weighted by atomic mass is 35.5. The molecular weight excluding hydrogens is 444 g/mol. The molecule has 34 heavy (non-hydrogen) atoms. The molecular formula is C30H43ClO3. The highest BCUT2D eigenvalue weighted by molar-refractivity contribution is 6.66. The smallest absolute Gasteiger partial charge is 0.235 e. The van der Waals surface area contributed by atoms with Crippen LogP contribution in [-0.4, -0.2) is 16.8 Å². The van der Waals surface area contributed by atoms with Gasteiger partial charge >= 0.3 is 0 Å². The molecule has 0 spiro atoms. The molecule has 4 fully saturated rings. The molecule has 10 unspecified atom stereocenters. The Morgan fingerprint density at radius 3 is 2.26 bits per heavy atom. The normalized spacial score (nSPS) is 54.8. The molecule has 4 heteroatoms. The maximum atomic E-state index is 14.2. The molecule has 0 radical (unpaired) electrons. The van der Waals surface area contributed by atoms with Crippen molar-refractivity contribution >= 4 is 28.4 Å². The molecule has 5 aliphatic carbocycles. The van der Waals surface area contributed by atoms with E-state index in [1.165, 1.54) is 24.8 Å². The summed E-state index contributed by atoms with van der Waals surface area (Å²) in [6.45, 7) is 16.1. The first-order chi connectivity index (χ1) is 15.7. The Labute approximate surface area is 210 Å². The number of carbonyl (C=O) groups is 3. The molecule has 0 aromatic carbocycles. The van der Waals surface area contributed by atoms with Gasteiger partial charge in [-0.05, 0) is 115 Å². The highest BCUT2D eigenvalue weighted by Crippen LogP contribution is 2.75. The number of allylic oxidation sites excluding steroid dienone is 2. The molecule has 0 amide bonds. The van der Waals surface area contributed by atoms with Crippen molar-refractivity contribution in [3.05, 3.63) is 11.6 Å². The van der Waals surface area contributed by atoms with Crippen LogP contribution >= 0.6 is 11.6 Å². The zero-order valence-electron chi connectivity index (χ0n) is 22.2. The second-order valence-electron chi connectivity index (χ2n) is 14.2. The molecule has 10 atom stereocenters. The third-order valence-corrected chi connectivity index (χ3v) is 13.4. The Morgan fingerprint density at radius 2 is 1.62 bits per heavy atom. The van der Waals surface area contributed by atoms with E-state index < -0.39 is 16.1 Å². The van der Waals surface area contributed by atoms with E-state index in [4.69, 9.17) is 11.6 Å². The van der Waals surface area contributed by atoms with E-state index in [1.54, 1.807) is 6.92 Å². The fourth-order valence-electron chi connectivity index (χ4n) is 10.4. The third-order valence-electron chi connectivity index (χ3n) is 13.0. The number of hydrogen-bond donors (Lipinski definition) is 0. The van der Waals surface area contributed by atoms with E-state index in [-0.39, 0.29) is 39.6 Å². The number of hydrogen-bond acceptors (Lipinski definition) is 3. The van der Waals surface area contributed by atoms with Crippen LogP contribution in [0.5, 0.6) is 0 Å². The lowest BCUT2D eigenvalue weighted by molar-refractivity contribution is -0.190. The Bertz CT molecular complexity index is 999. The van der Waals surface area contributed by atoms with E-state index >= 15 is 0 Å². The van der Waals surface area contributed by atoms with Crippen LogP contribution in [0.2, 0.25) is 0 Å². The van der Waals surface area contributed by atoms with E-state index in [9.17, 15) is 14.4 Å². The first-order valence-electron chi connectivity index (χ1n) is 13.7. The van der Waals surface area contributed by atoms with Gasteiger partial charge in [0.25, 0.3) is 0 Å². The standard InChI is InChI=1S/C30H43ClO3/c1-17-8-11-26(3)14-15-28(5)19(23(26)18(17)2)16-20(32)24-27(4)12-10-22(33)30(7,25(31)34)21(27)9-13-29(24,28)6/h16-18,21,23-24H,8-15H2,1-7H3. The zero-order valence-corrected chi connectivity index (χ0v) is 23.0. The predicted molar refractivity (Wildman–Crippen MR) is 135 cm³/mol. The summed E-state index contributed by atoms with van der Waals surface area (Å²) in [6, 6.07) is 0. The Kier molecular flexibility index (Phi) is 5.31. The second-order valence-corrected chi connectivity index (χ2v) is 14.5. The molecule has 0 bridgehead atoms. The fraction of sp³-hybridized carbons (Fsp3) is 0.833. The molecule has 4 saturated carbocycles. The molecule has 0 saturated heterocycles. The molecule has 0 N–H and O–H groups in total. The van der Waals surface area contributed by atoms with Crippen molar-refractivity contribution in [2.75, 3.05) is 0 Å². The molecule has 5 rings (SSSR count). The molecule has 0 aromatic heterocycles. The Balaban J connectivity index is 1.66. The minimum Gasteiger partial charge on any atom is -0.299 e. The van der Waals surface area contributed by atoms with Crippen LogP contribution in [-0.2, 0) is 14.4 Å². The number of fused-ring (bicyclic) bond motifs is 7. The number of Topliss-reactive ketones (excluding diaryl/α,β-unsaturated/α-hetero) is 1. The average Bonchev–Trinajstić information content (AvgIpc) is 2.75. The van der Waals surface area contributed by atoms with Gasteiger partial charge in [-0.15, -0.1) is 0 Å². The van der Waals surface area contributed by atoms with Crippen molar-refractivity contribution in [3.8, 4) is 0 Å². The molecule has 3 nitrogen and oxygen atoms in total. The lowest BCUT2D eigenvalue weighted by atomic mass is 9.33. The van der Waals surface area contributed by atoms with Crippen LogP contribution in [0.4, 0.5) is 0 Å². The van der Waals surface area contributed by atoms with Gasteiger partial charge in [-0.3, -0.25) is 14.4 Å². The van der Waals surface area contributed by atoms with Gasteiger partial charge in [0.15, 0.2) is 5.78 Å². The van der Waals surface area contributed by atoms with Gasteiger partial charge in [0, 0.05) is 12.3 Å². The summed E-state index contributed by atoms with van der Waals surface area (Å²) in [5, 5.41) is -0.541. The van der Waals surface area contributed by atoms with Crippen molar-refractivity contribution in [1.82, 2.24) is 0 Å². The lowest BCUT2D eigenvalue weighted by Crippen LogP contribution is -2.67. The largest absolute Gasteiger partial charge is 0.299 e. The third kappa shape index (κ3) is 2.74. The minimum absolute atomic E-state index is 0.0299.